The van der Waals surface area contributed by atoms with Crippen LogP contribution >= 0.6 is 0 Å². The molecule has 6 nitrogen and oxygen atoms in total. The first kappa shape index (κ1) is 14.9. The van der Waals surface area contributed by atoms with Gasteiger partial charge in [0, 0.05) is 11.3 Å². The molecule has 0 unspecified atom stereocenters. The van der Waals surface area contributed by atoms with Crippen molar-refractivity contribution >= 4 is 11.5 Å². The second-order valence-corrected chi connectivity index (χ2v) is 5.01. The number of Topliss-reactive ketones (excluding diaryl/α,β-unsaturated/α-hetero) is 1. The van der Waals surface area contributed by atoms with E-state index in [0.29, 0.717) is 11.3 Å². The molecule has 1 aromatic carbocycles. The monoisotopic (exact) mass is 281 g/mol. The van der Waals surface area contributed by atoms with E-state index in [1.54, 1.807) is 31.2 Å². The Kier molecular flexibility index (Phi) is 4.39. The number of rotatable bonds is 3. The zero-order valence-electron chi connectivity index (χ0n) is 11.4. The van der Waals surface area contributed by atoms with Crippen molar-refractivity contribution in [1.82, 2.24) is 0 Å². The number of hydrogen-bond acceptors (Lipinski definition) is 6. The highest BCUT2D eigenvalue weighted by molar-refractivity contribution is 5.94. The number of ether oxygens (including phenoxy) is 1. The van der Waals surface area contributed by atoms with Crippen LogP contribution in [-0.4, -0.2) is 51.7 Å². The van der Waals surface area contributed by atoms with E-state index >= 15 is 0 Å². The molecular weight excluding hydrogens is 262 g/mol. The molecule has 5 atom stereocenters. The Morgan fingerprint density at radius 3 is 2.25 bits per heavy atom. The number of hydrogen-bond donors (Lipinski definition) is 4. The fraction of sp³-hybridized carbons (Fsp3) is 0.500. The predicted molar refractivity (Wildman–Crippen MR) is 72.4 cm³/mol. The number of ketones is 1. The number of anilines is 1. The van der Waals surface area contributed by atoms with Crippen molar-refractivity contribution in [2.45, 2.75) is 44.5 Å². The van der Waals surface area contributed by atoms with E-state index in [-0.39, 0.29) is 5.78 Å². The molecule has 20 heavy (non-hydrogen) atoms. The lowest BCUT2D eigenvalue weighted by Gasteiger charge is -2.39. The molecule has 0 amide bonds. The molecule has 1 aromatic rings. The number of nitrogens with one attached hydrogen (secondary N) is 1. The van der Waals surface area contributed by atoms with Crippen LogP contribution < -0.4 is 5.32 Å². The molecule has 4 N–H and O–H groups in total. The van der Waals surface area contributed by atoms with Gasteiger partial charge in [0.1, 0.15) is 18.3 Å². The third-order valence-corrected chi connectivity index (χ3v) is 3.45. The molecule has 0 radical (unpaired) electrons. The quantitative estimate of drug-likeness (QED) is 0.588. The SMILES string of the molecule is CC(=O)c1ccc(N[C@H]2O[C@@H](C)[C@@H](O)[C@@H](O)[C@H]2O)cc1. The van der Waals surface area contributed by atoms with Gasteiger partial charge in [-0.25, -0.2) is 0 Å². The largest absolute Gasteiger partial charge is 0.388 e. The molecule has 1 aliphatic heterocycles. The van der Waals surface area contributed by atoms with Crippen LogP contribution in [-0.2, 0) is 4.74 Å². The normalized spacial score (nSPS) is 33.8. The molecular formula is C14H19NO5. The lowest BCUT2D eigenvalue weighted by molar-refractivity contribution is -0.209. The zero-order valence-corrected chi connectivity index (χ0v) is 11.4. The Hall–Kier alpha value is -1.47. The maximum atomic E-state index is 11.2. The van der Waals surface area contributed by atoms with Gasteiger partial charge in [-0.3, -0.25) is 4.79 Å². The summed E-state index contributed by atoms with van der Waals surface area (Å²) in [6.07, 6.45) is -5.06. The van der Waals surface area contributed by atoms with Crippen molar-refractivity contribution in [3.63, 3.8) is 0 Å². The first-order valence-corrected chi connectivity index (χ1v) is 6.47. The number of aliphatic hydroxyl groups is 3. The zero-order chi connectivity index (χ0) is 14.9. The molecule has 1 fully saturated rings. The van der Waals surface area contributed by atoms with Crippen molar-refractivity contribution in [2.75, 3.05) is 5.32 Å². The van der Waals surface area contributed by atoms with Gasteiger partial charge in [-0.05, 0) is 38.1 Å². The summed E-state index contributed by atoms with van der Waals surface area (Å²) in [5.74, 6) is -0.0299. The van der Waals surface area contributed by atoms with Crippen molar-refractivity contribution < 1.29 is 24.9 Å². The first-order valence-electron chi connectivity index (χ1n) is 6.47. The topological polar surface area (TPSA) is 99.0 Å². The summed E-state index contributed by atoms with van der Waals surface area (Å²) in [6.45, 7) is 3.10. The Morgan fingerprint density at radius 2 is 1.70 bits per heavy atom. The predicted octanol–water partition coefficient (Wildman–Crippen LogP) is 0.129. The van der Waals surface area contributed by atoms with E-state index in [4.69, 9.17) is 4.74 Å². The second-order valence-electron chi connectivity index (χ2n) is 5.01. The highest BCUT2D eigenvalue weighted by Gasteiger charge is 2.41. The van der Waals surface area contributed by atoms with E-state index in [0.717, 1.165) is 0 Å². The Bertz CT molecular complexity index is 475. The minimum absolute atomic E-state index is 0.0299. The van der Waals surface area contributed by atoms with Crippen LogP contribution in [0, 0.1) is 0 Å². The smallest absolute Gasteiger partial charge is 0.159 e. The van der Waals surface area contributed by atoms with Crippen molar-refractivity contribution in [1.29, 1.82) is 0 Å². The Balaban J connectivity index is 2.07. The van der Waals surface area contributed by atoms with Crippen LogP contribution in [0.4, 0.5) is 5.69 Å². The number of carbonyl (C=O) groups excluding carboxylic acids is 1. The van der Waals surface area contributed by atoms with E-state index in [2.05, 4.69) is 5.32 Å². The lowest BCUT2D eigenvalue weighted by atomic mass is 9.99. The van der Waals surface area contributed by atoms with Gasteiger partial charge in [0.2, 0.25) is 0 Å². The molecule has 0 saturated carbocycles. The summed E-state index contributed by atoms with van der Waals surface area (Å²) in [5.41, 5.74) is 1.24. The van der Waals surface area contributed by atoms with Gasteiger partial charge in [0.25, 0.3) is 0 Å². The molecule has 6 heteroatoms. The standard InChI is InChI=1S/C14H19NO5/c1-7(16)9-3-5-10(6-4-9)15-14-13(19)12(18)11(17)8(2)20-14/h3-6,8,11-15,17-19H,1-2H3/t8-,11+,12+,13+,14-/m0/s1. The molecule has 2 rings (SSSR count). The summed E-state index contributed by atoms with van der Waals surface area (Å²) in [5, 5.41) is 32.1. The van der Waals surface area contributed by atoms with Crippen LogP contribution in [0.1, 0.15) is 24.2 Å². The fourth-order valence-corrected chi connectivity index (χ4v) is 2.14. The maximum absolute atomic E-state index is 11.2. The lowest BCUT2D eigenvalue weighted by Crippen LogP contribution is -2.58. The third kappa shape index (κ3) is 2.99. The van der Waals surface area contributed by atoms with Gasteiger partial charge < -0.3 is 25.4 Å². The second kappa shape index (κ2) is 5.88. The van der Waals surface area contributed by atoms with E-state index in [9.17, 15) is 20.1 Å². The van der Waals surface area contributed by atoms with Gasteiger partial charge in [-0.15, -0.1) is 0 Å². The van der Waals surface area contributed by atoms with E-state index in [1.165, 1.54) is 6.92 Å². The van der Waals surface area contributed by atoms with Crippen LogP contribution in [0.3, 0.4) is 0 Å². The molecule has 0 aliphatic carbocycles. The Labute approximate surface area is 117 Å². The molecule has 1 saturated heterocycles. The molecule has 1 heterocycles. The molecule has 0 bridgehead atoms. The molecule has 0 aromatic heterocycles. The summed E-state index contributed by atoms with van der Waals surface area (Å²) >= 11 is 0. The highest BCUT2D eigenvalue weighted by atomic mass is 16.5. The average molecular weight is 281 g/mol. The summed E-state index contributed by atoms with van der Waals surface area (Å²) in [4.78, 5) is 11.2. The van der Waals surface area contributed by atoms with Crippen LogP contribution in [0.15, 0.2) is 24.3 Å². The van der Waals surface area contributed by atoms with Crippen molar-refractivity contribution in [3.8, 4) is 0 Å². The van der Waals surface area contributed by atoms with Gasteiger partial charge >= 0.3 is 0 Å². The molecule has 1 aliphatic rings. The van der Waals surface area contributed by atoms with Gasteiger partial charge in [0.15, 0.2) is 12.0 Å². The number of aliphatic hydroxyl groups excluding tert-OH is 3. The van der Waals surface area contributed by atoms with Gasteiger partial charge in [-0.1, -0.05) is 0 Å². The van der Waals surface area contributed by atoms with Gasteiger partial charge in [0.05, 0.1) is 6.10 Å². The van der Waals surface area contributed by atoms with Crippen LogP contribution in [0.25, 0.3) is 0 Å². The van der Waals surface area contributed by atoms with Crippen molar-refractivity contribution in [3.05, 3.63) is 29.8 Å². The third-order valence-electron chi connectivity index (χ3n) is 3.45. The maximum Gasteiger partial charge on any atom is 0.159 e. The summed E-state index contributed by atoms with van der Waals surface area (Å²) in [6, 6.07) is 6.70. The summed E-state index contributed by atoms with van der Waals surface area (Å²) < 4.78 is 5.42. The van der Waals surface area contributed by atoms with Gasteiger partial charge in [-0.2, -0.15) is 0 Å². The Morgan fingerprint density at radius 1 is 1.10 bits per heavy atom. The summed E-state index contributed by atoms with van der Waals surface area (Å²) in [7, 11) is 0. The van der Waals surface area contributed by atoms with Crippen LogP contribution in [0.2, 0.25) is 0 Å². The minimum Gasteiger partial charge on any atom is -0.388 e. The van der Waals surface area contributed by atoms with Crippen molar-refractivity contribution in [2.24, 2.45) is 0 Å². The molecule has 110 valence electrons. The first-order chi connectivity index (χ1) is 9.40. The van der Waals surface area contributed by atoms with E-state index < -0.39 is 30.6 Å². The number of benzene rings is 1. The highest BCUT2D eigenvalue weighted by Crippen LogP contribution is 2.22. The van der Waals surface area contributed by atoms with E-state index in [1.807, 2.05) is 0 Å². The van der Waals surface area contributed by atoms with Crippen LogP contribution in [0.5, 0.6) is 0 Å². The number of carbonyl (C=O) groups is 1. The fourth-order valence-electron chi connectivity index (χ4n) is 2.14. The average Bonchev–Trinajstić information content (AvgIpc) is 2.43. The molecule has 0 spiro atoms. The minimum atomic E-state index is -1.27.